The van der Waals surface area contributed by atoms with Crippen molar-refractivity contribution in [3.05, 3.63) is 84.4 Å². The number of ether oxygens (including phenoxy) is 1. The Morgan fingerprint density at radius 2 is 1.62 bits per heavy atom. The van der Waals surface area contributed by atoms with Gasteiger partial charge in [-0.2, -0.15) is 0 Å². The number of amides is 1. The van der Waals surface area contributed by atoms with Crippen LogP contribution in [0.5, 0.6) is 0 Å². The van der Waals surface area contributed by atoms with Gasteiger partial charge in [0.2, 0.25) is 0 Å². The van der Waals surface area contributed by atoms with Gasteiger partial charge in [0.25, 0.3) is 5.91 Å². The summed E-state index contributed by atoms with van der Waals surface area (Å²) in [5, 5.41) is 4.89. The van der Waals surface area contributed by atoms with Crippen molar-refractivity contribution in [1.82, 2.24) is 0 Å². The van der Waals surface area contributed by atoms with Crippen LogP contribution < -0.4 is 5.32 Å². The number of hydrogen-bond donors (Lipinski definition) is 1. The van der Waals surface area contributed by atoms with Gasteiger partial charge in [0.05, 0.1) is 0 Å². The minimum absolute atomic E-state index is 0.373. The zero-order valence-corrected chi connectivity index (χ0v) is 14.4. The number of anilines is 1. The summed E-state index contributed by atoms with van der Waals surface area (Å²) < 4.78 is 5.16. The van der Waals surface area contributed by atoms with Gasteiger partial charge >= 0.3 is 5.97 Å². The van der Waals surface area contributed by atoms with Gasteiger partial charge in [-0.3, -0.25) is 4.79 Å². The van der Waals surface area contributed by atoms with Gasteiger partial charge in [-0.1, -0.05) is 60.7 Å². The first-order chi connectivity index (χ1) is 12.6. The van der Waals surface area contributed by atoms with Crippen molar-refractivity contribution >= 4 is 34.4 Å². The van der Waals surface area contributed by atoms with Crippen LogP contribution in [-0.2, 0) is 14.3 Å². The van der Waals surface area contributed by atoms with E-state index in [1.807, 2.05) is 72.8 Å². The highest BCUT2D eigenvalue weighted by molar-refractivity contribution is 5.98. The molecule has 3 rings (SSSR count). The van der Waals surface area contributed by atoms with Crippen LogP contribution in [0.3, 0.4) is 0 Å². The molecule has 0 aliphatic heterocycles. The molecule has 1 N–H and O–H groups in total. The van der Waals surface area contributed by atoms with E-state index >= 15 is 0 Å². The highest BCUT2D eigenvalue weighted by Crippen LogP contribution is 2.19. The maximum atomic E-state index is 12.2. The first kappa shape index (κ1) is 17.4. The molecule has 1 atom stereocenters. The molecule has 0 radical (unpaired) electrons. The van der Waals surface area contributed by atoms with Crippen molar-refractivity contribution in [3.8, 4) is 0 Å². The minimum Gasteiger partial charge on any atom is -0.449 e. The summed E-state index contributed by atoms with van der Waals surface area (Å²) in [6.45, 7) is 1.55. The lowest BCUT2D eigenvalue weighted by molar-refractivity contribution is -0.148. The Bertz CT molecular complexity index is 948. The van der Waals surface area contributed by atoms with Crippen molar-refractivity contribution < 1.29 is 14.3 Å². The van der Waals surface area contributed by atoms with E-state index in [4.69, 9.17) is 4.74 Å². The molecule has 0 aliphatic rings. The van der Waals surface area contributed by atoms with E-state index < -0.39 is 12.1 Å². The molecule has 4 nitrogen and oxygen atoms in total. The molecule has 1 amide bonds. The van der Waals surface area contributed by atoms with Gasteiger partial charge < -0.3 is 10.1 Å². The normalized spacial score (nSPS) is 12.0. The third-order valence-corrected chi connectivity index (χ3v) is 3.89. The molecule has 0 heterocycles. The van der Waals surface area contributed by atoms with Crippen molar-refractivity contribution in [2.24, 2.45) is 0 Å². The largest absolute Gasteiger partial charge is 0.449 e. The van der Waals surface area contributed by atoms with Crippen LogP contribution in [-0.4, -0.2) is 18.0 Å². The Balaban J connectivity index is 1.58. The van der Waals surface area contributed by atoms with Crippen LogP contribution in [0.15, 0.2) is 78.9 Å². The number of carbonyl (C=O) groups is 2. The first-order valence-electron chi connectivity index (χ1n) is 8.35. The molecular weight excluding hydrogens is 326 g/mol. The molecule has 26 heavy (non-hydrogen) atoms. The van der Waals surface area contributed by atoms with Crippen molar-refractivity contribution in [3.63, 3.8) is 0 Å². The summed E-state index contributed by atoms with van der Waals surface area (Å²) in [6, 6.07) is 22.9. The second-order valence-electron chi connectivity index (χ2n) is 5.87. The van der Waals surface area contributed by atoms with E-state index in [0.717, 1.165) is 16.3 Å². The second kappa shape index (κ2) is 8.12. The fourth-order valence-electron chi connectivity index (χ4n) is 2.51. The van der Waals surface area contributed by atoms with E-state index in [-0.39, 0.29) is 5.91 Å². The molecule has 0 fully saturated rings. The standard InChI is InChI=1S/C22H19NO3/c1-16(26-21(24)14-11-17-7-3-2-4-8-17)22(25)23-20-13-12-18-9-5-6-10-19(18)15-20/h2-16H,1H3,(H,23,25)/b14-11+/t16-/m1/s1. The molecule has 0 saturated heterocycles. The molecule has 3 aromatic rings. The average molecular weight is 345 g/mol. The quantitative estimate of drug-likeness (QED) is 0.550. The molecule has 4 heteroatoms. The second-order valence-corrected chi connectivity index (χ2v) is 5.87. The minimum atomic E-state index is -0.894. The van der Waals surface area contributed by atoms with Crippen LogP contribution in [0.1, 0.15) is 12.5 Å². The van der Waals surface area contributed by atoms with E-state index in [0.29, 0.717) is 5.69 Å². The van der Waals surface area contributed by atoms with E-state index in [1.165, 1.54) is 6.08 Å². The molecular formula is C22H19NO3. The number of fused-ring (bicyclic) bond motifs is 1. The fraction of sp³-hybridized carbons (Fsp3) is 0.0909. The van der Waals surface area contributed by atoms with Crippen molar-refractivity contribution in [2.75, 3.05) is 5.32 Å². The van der Waals surface area contributed by atoms with Gasteiger partial charge in [0, 0.05) is 11.8 Å². The Kier molecular flexibility index (Phi) is 5.44. The molecule has 0 unspecified atom stereocenters. The molecule has 0 bridgehead atoms. The van der Waals surface area contributed by atoms with Crippen LogP contribution in [0.25, 0.3) is 16.8 Å². The number of rotatable bonds is 5. The maximum Gasteiger partial charge on any atom is 0.331 e. The highest BCUT2D eigenvalue weighted by Gasteiger charge is 2.16. The van der Waals surface area contributed by atoms with E-state index in [1.54, 1.807) is 13.0 Å². The average Bonchev–Trinajstić information content (AvgIpc) is 2.67. The lowest BCUT2D eigenvalue weighted by atomic mass is 10.1. The molecule has 3 aromatic carbocycles. The SMILES string of the molecule is C[C@@H](OC(=O)/C=C/c1ccccc1)C(=O)Nc1ccc2ccccc2c1. The smallest absolute Gasteiger partial charge is 0.331 e. The van der Waals surface area contributed by atoms with Gasteiger partial charge in [0.15, 0.2) is 6.10 Å². The third kappa shape index (κ3) is 4.57. The number of carbonyl (C=O) groups excluding carboxylic acids is 2. The van der Waals surface area contributed by atoms with Gasteiger partial charge in [-0.05, 0) is 41.5 Å². The molecule has 0 saturated carbocycles. The maximum absolute atomic E-state index is 12.2. The Labute approximate surface area is 152 Å². The zero-order chi connectivity index (χ0) is 18.4. The van der Waals surface area contributed by atoms with E-state index in [9.17, 15) is 9.59 Å². The van der Waals surface area contributed by atoms with E-state index in [2.05, 4.69) is 5.32 Å². The highest BCUT2D eigenvalue weighted by atomic mass is 16.5. The molecule has 0 aliphatic carbocycles. The lowest BCUT2D eigenvalue weighted by Gasteiger charge is -2.12. The van der Waals surface area contributed by atoms with Crippen LogP contribution in [0.4, 0.5) is 5.69 Å². The molecule has 0 spiro atoms. The predicted molar refractivity (Wildman–Crippen MR) is 104 cm³/mol. The Morgan fingerprint density at radius 1 is 0.923 bits per heavy atom. The molecule has 0 aromatic heterocycles. The summed E-state index contributed by atoms with van der Waals surface area (Å²) in [6.07, 6.45) is 2.07. The van der Waals surface area contributed by atoms with Crippen molar-refractivity contribution in [1.29, 1.82) is 0 Å². The van der Waals surface area contributed by atoms with Gasteiger partial charge in [-0.25, -0.2) is 4.79 Å². The molecule has 130 valence electrons. The number of esters is 1. The Hall–Kier alpha value is -3.40. The summed E-state index contributed by atoms with van der Waals surface area (Å²) in [5.74, 6) is -0.934. The van der Waals surface area contributed by atoms with Crippen LogP contribution in [0.2, 0.25) is 0 Å². The topological polar surface area (TPSA) is 55.4 Å². The summed E-state index contributed by atoms with van der Waals surface area (Å²) in [4.78, 5) is 24.1. The fourth-order valence-corrected chi connectivity index (χ4v) is 2.51. The third-order valence-electron chi connectivity index (χ3n) is 3.89. The van der Waals surface area contributed by atoms with Gasteiger partial charge in [-0.15, -0.1) is 0 Å². The predicted octanol–water partition coefficient (Wildman–Crippen LogP) is 4.42. The monoisotopic (exact) mass is 345 g/mol. The van der Waals surface area contributed by atoms with Crippen molar-refractivity contribution in [2.45, 2.75) is 13.0 Å². The first-order valence-corrected chi connectivity index (χ1v) is 8.35. The summed E-state index contributed by atoms with van der Waals surface area (Å²) >= 11 is 0. The number of hydrogen-bond acceptors (Lipinski definition) is 3. The Morgan fingerprint density at radius 3 is 2.38 bits per heavy atom. The zero-order valence-electron chi connectivity index (χ0n) is 14.4. The van der Waals surface area contributed by atoms with Gasteiger partial charge in [0.1, 0.15) is 0 Å². The van der Waals surface area contributed by atoms with Crippen LogP contribution in [0, 0.1) is 0 Å². The summed E-state index contributed by atoms with van der Waals surface area (Å²) in [5.41, 5.74) is 1.55. The van der Waals surface area contributed by atoms with Crippen LogP contribution >= 0.6 is 0 Å². The number of benzene rings is 3. The number of nitrogens with one attached hydrogen (secondary N) is 1. The lowest BCUT2D eigenvalue weighted by Crippen LogP contribution is -2.29. The summed E-state index contributed by atoms with van der Waals surface area (Å²) in [7, 11) is 0.